The lowest BCUT2D eigenvalue weighted by Crippen LogP contribution is -2.39. The van der Waals surface area contributed by atoms with Crippen LogP contribution in [0.1, 0.15) is 12.1 Å². The zero-order valence-electron chi connectivity index (χ0n) is 12.2. The molecular formula is C14H19N5OS. The summed E-state index contributed by atoms with van der Waals surface area (Å²) < 4.78 is 1.75. The van der Waals surface area contributed by atoms with Crippen LogP contribution in [-0.2, 0) is 11.8 Å². The van der Waals surface area contributed by atoms with E-state index in [1.165, 1.54) is 0 Å². The number of amides is 1. The van der Waals surface area contributed by atoms with Crippen LogP contribution < -0.4 is 10.6 Å². The molecule has 2 N–H and O–H groups in total. The number of carbonyl (C=O) groups excluding carboxylic acids is 1. The summed E-state index contributed by atoms with van der Waals surface area (Å²) in [6, 6.07) is 2.20. The highest BCUT2D eigenvalue weighted by molar-refractivity contribution is 7.99. The monoisotopic (exact) mass is 305 g/mol. The summed E-state index contributed by atoms with van der Waals surface area (Å²) in [5, 5.41) is 11.6. The summed E-state index contributed by atoms with van der Waals surface area (Å²) in [5.74, 6) is 2.14. The molecule has 1 unspecified atom stereocenters. The average Bonchev–Trinajstić information content (AvgIpc) is 2.74. The summed E-state index contributed by atoms with van der Waals surface area (Å²) >= 11 is 1.89. The summed E-state index contributed by atoms with van der Waals surface area (Å²) in [5.41, 5.74) is 2.48. The number of fused-ring (bicyclic) bond motifs is 1. The van der Waals surface area contributed by atoms with Gasteiger partial charge < -0.3 is 10.6 Å². The third-order valence-corrected chi connectivity index (χ3v) is 4.71. The Morgan fingerprint density at radius 3 is 3.24 bits per heavy atom. The second kappa shape index (κ2) is 6.03. The topological polar surface area (TPSA) is 71.8 Å². The first-order chi connectivity index (χ1) is 10.1. The van der Waals surface area contributed by atoms with Gasteiger partial charge in [0.05, 0.1) is 17.6 Å². The normalized spacial score (nSPS) is 18.9. The van der Waals surface area contributed by atoms with Gasteiger partial charge >= 0.3 is 0 Å². The highest BCUT2D eigenvalue weighted by Gasteiger charge is 2.17. The maximum Gasteiger partial charge on any atom is 0.226 e. The minimum Gasteiger partial charge on any atom is -0.325 e. The summed E-state index contributed by atoms with van der Waals surface area (Å²) in [6.07, 6.45) is 2.18. The molecular weight excluding hydrogens is 286 g/mol. The van der Waals surface area contributed by atoms with Gasteiger partial charge in [-0.25, -0.2) is 4.98 Å². The molecule has 1 atom stereocenters. The molecule has 7 heteroatoms. The number of aromatic nitrogens is 3. The smallest absolute Gasteiger partial charge is 0.226 e. The van der Waals surface area contributed by atoms with Gasteiger partial charge in [0.25, 0.3) is 0 Å². The number of anilines is 1. The second-order valence-electron chi connectivity index (χ2n) is 5.28. The fraction of sp³-hybridized carbons (Fsp3) is 0.500. The molecule has 0 bridgehead atoms. The lowest BCUT2D eigenvalue weighted by molar-refractivity contribution is -0.116. The van der Waals surface area contributed by atoms with E-state index in [4.69, 9.17) is 0 Å². The molecule has 1 saturated heterocycles. The molecule has 1 amide bonds. The molecule has 3 heterocycles. The van der Waals surface area contributed by atoms with Crippen molar-refractivity contribution in [1.82, 2.24) is 20.1 Å². The van der Waals surface area contributed by atoms with Crippen LogP contribution in [0.3, 0.4) is 0 Å². The van der Waals surface area contributed by atoms with Crippen molar-refractivity contribution in [3.63, 3.8) is 0 Å². The Bertz CT molecular complexity index is 663. The van der Waals surface area contributed by atoms with Crippen LogP contribution in [0.25, 0.3) is 11.0 Å². The van der Waals surface area contributed by atoms with Crippen LogP contribution in [-0.4, -0.2) is 44.8 Å². The Labute approximate surface area is 127 Å². The molecule has 1 aliphatic heterocycles. The van der Waals surface area contributed by atoms with Crippen LogP contribution in [0.2, 0.25) is 0 Å². The highest BCUT2D eigenvalue weighted by Crippen LogP contribution is 2.19. The van der Waals surface area contributed by atoms with E-state index < -0.39 is 0 Å². The van der Waals surface area contributed by atoms with Gasteiger partial charge in [0.2, 0.25) is 5.91 Å². The Kier molecular flexibility index (Phi) is 4.12. The van der Waals surface area contributed by atoms with Crippen molar-refractivity contribution >= 4 is 34.4 Å². The molecule has 0 aliphatic carbocycles. The molecule has 6 nitrogen and oxygen atoms in total. The molecule has 2 aromatic rings. The third-order valence-electron chi connectivity index (χ3n) is 3.58. The molecule has 0 saturated carbocycles. The quantitative estimate of drug-likeness (QED) is 0.894. The van der Waals surface area contributed by atoms with E-state index in [0.29, 0.717) is 6.42 Å². The predicted molar refractivity (Wildman–Crippen MR) is 85.6 cm³/mol. The number of carbonyl (C=O) groups is 1. The zero-order valence-corrected chi connectivity index (χ0v) is 13.0. The Hall–Kier alpha value is -1.60. The van der Waals surface area contributed by atoms with E-state index in [1.807, 2.05) is 31.8 Å². The van der Waals surface area contributed by atoms with E-state index in [0.717, 1.165) is 40.5 Å². The van der Waals surface area contributed by atoms with E-state index in [9.17, 15) is 4.79 Å². The molecule has 112 valence electrons. The number of rotatable bonds is 3. The van der Waals surface area contributed by atoms with Crippen molar-refractivity contribution < 1.29 is 4.79 Å². The van der Waals surface area contributed by atoms with Gasteiger partial charge in [0, 0.05) is 42.9 Å². The fourth-order valence-corrected chi connectivity index (χ4v) is 3.51. The van der Waals surface area contributed by atoms with E-state index >= 15 is 0 Å². The van der Waals surface area contributed by atoms with Crippen LogP contribution in [0, 0.1) is 6.92 Å². The Balaban J connectivity index is 1.69. The highest BCUT2D eigenvalue weighted by atomic mass is 32.2. The second-order valence-corrected chi connectivity index (χ2v) is 6.43. The van der Waals surface area contributed by atoms with Crippen molar-refractivity contribution in [1.29, 1.82) is 0 Å². The largest absolute Gasteiger partial charge is 0.325 e. The Morgan fingerprint density at radius 2 is 2.48 bits per heavy atom. The maximum absolute atomic E-state index is 12.1. The molecule has 1 aliphatic rings. The average molecular weight is 305 g/mol. The van der Waals surface area contributed by atoms with Gasteiger partial charge in [-0.05, 0) is 13.0 Å². The van der Waals surface area contributed by atoms with Crippen molar-refractivity contribution in [3.05, 3.63) is 18.0 Å². The third kappa shape index (κ3) is 3.19. The zero-order chi connectivity index (χ0) is 14.8. The number of nitrogens with zero attached hydrogens (tertiary/aromatic N) is 3. The standard InChI is InChI=1S/C14H19N5OS/c1-9-12-5-10(7-16-14(12)19(2)18-9)17-13(20)6-11-8-21-4-3-15-11/h5,7,11,15H,3-4,6,8H2,1-2H3,(H,17,20). The SMILES string of the molecule is Cc1nn(C)c2ncc(NC(=O)CC3CSCCN3)cc12. The van der Waals surface area contributed by atoms with Crippen molar-refractivity contribution in [3.8, 4) is 0 Å². The molecule has 0 radical (unpaired) electrons. The van der Waals surface area contributed by atoms with Crippen LogP contribution in [0.4, 0.5) is 5.69 Å². The van der Waals surface area contributed by atoms with Crippen LogP contribution >= 0.6 is 11.8 Å². The number of hydrogen-bond acceptors (Lipinski definition) is 5. The number of pyridine rings is 1. The van der Waals surface area contributed by atoms with Crippen LogP contribution in [0.5, 0.6) is 0 Å². The van der Waals surface area contributed by atoms with Gasteiger partial charge in [0.15, 0.2) is 5.65 Å². The van der Waals surface area contributed by atoms with Gasteiger partial charge in [-0.2, -0.15) is 16.9 Å². The molecule has 21 heavy (non-hydrogen) atoms. The first kappa shape index (κ1) is 14.3. The van der Waals surface area contributed by atoms with Gasteiger partial charge in [0.1, 0.15) is 0 Å². The van der Waals surface area contributed by atoms with Crippen molar-refractivity contribution in [2.24, 2.45) is 7.05 Å². The van der Waals surface area contributed by atoms with Gasteiger partial charge in [-0.3, -0.25) is 9.48 Å². The predicted octanol–water partition coefficient (Wildman–Crippen LogP) is 1.31. The lowest BCUT2D eigenvalue weighted by Gasteiger charge is -2.22. The molecule has 0 spiro atoms. The summed E-state index contributed by atoms with van der Waals surface area (Å²) in [7, 11) is 1.87. The minimum absolute atomic E-state index is 0.0256. The maximum atomic E-state index is 12.1. The lowest BCUT2D eigenvalue weighted by atomic mass is 10.2. The van der Waals surface area contributed by atoms with E-state index in [-0.39, 0.29) is 11.9 Å². The van der Waals surface area contributed by atoms with E-state index in [2.05, 4.69) is 20.7 Å². The number of thioether (sulfide) groups is 1. The van der Waals surface area contributed by atoms with Crippen molar-refractivity contribution in [2.45, 2.75) is 19.4 Å². The van der Waals surface area contributed by atoms with Crippen molar-refractivity contribution in [2.75, 3.05) is 23.4 Å². The molecule has 1 fully saturated rings. The number of aryl methyl sites for hydroxylation is 2. The molecule has 2 aromatic heterocycles. The molecule has 0 aromatic carbocycles. The summed E-state index contributed by atoms with van der Waals surface area (Å²) in [4.78, 5) is 16.5. The Morgan fingerprint density at radius 1 is 1.62 bits per heavy atom. The van der Waals surface area contributed by atoms with Gasteiger partial charge in [-0.15, -0.1) is 0 Å². The van der Waals surface area contributed by atoms with Gasteiger partial charge in [-0.1, -0.05) is 0 Å². The number of hydrogen-bond donors (Lipinski definition) is 2. The number of nitrogens with one attached hydrogen (secondary N) is 2. The van der Waals surface area contributed by atoms with E-state index in [1.54, 1.807) is 10.9 Å². The van der Waals surface area contributed by atoms with Crippen LogP contribution in [0.15, 0.2) is 12.3 Å². The minimum atomic E-state index is 0.0256. The summed E-state index contributed by atoms with van der Waals surface area (Å²) in [6.45, 7) is 2.92. The molecule has 3 rings (SSSR count). The first-order valence-corrected chi connectivity index (χ1v) is 8.19. The first-order valence-electron chi connectivity index (χ1n) is 7.04. The fourth-order valence-electron chi connectivity index (χ4n) is 2.56.